The third kappa shape index (κ3) is 1.80. The lowest BCUT2D eigenvalue weighted by Crippen LogP contribution is -2.04. The fourth-order valence-corrected chi connectivity index (χ4v) is 1.44. The molecule has 0 unspecified atom stereocenters. The fraction of sp³-hybridized carbons (Fsp3) is 0. The molecule has 0 atom stereocenters. The minimum Gasteiger partial charge on any atom is -0.420 e. The molecule has 0 heterocycles. The smallest absolute Gasteiger partial charge is 0.335 e. The summed E-state index contributed by atoms with van der Waals surface area (Å²) >= 11 is 0. The highest BCUT2D eigenvalue weighted by molar-refractivity contribution is 5.87. The first-order valence-electron chi connectivity index (χ1n) is 4.74. The Morgan fingerprint density at radius 3 is 2.75 bits per heavy atom. The molecule has 0 saturated carbocycles. The largest absolute Gasteiger partial charge is 0.420 e. The van der Waals surface area contributed by atoms with Crippen LogP contribution in [-0.4, -0.2) is 5.97 Å². The van der Waals surface area contributed by atoms with Crippen LogP contribution in [0.25, 0.3) is 10.8 Å². The van der Waals surface area contributed by atoms with Crippen LogP contribution in [0, 0.1) is 5.82 Å². The molecule has 0 radical (unpaired) electrons. The van der Waals surface area contributed by atoms with Crippen LogP contribution >= 0.6 is 0 Å². The molecule has 0 aliphatic heterocycles. The van der Waals surface area contributed by atoms with Gasteiger partial charge in [-0.15, -0.1) is 0 Å². The number of carbonyl (C=O) groups is 1. The molecule has 0 amide bonds. The number of hydrogen-bond donors (Lipinski definition) is 0. The van der Waals surface area contributed by atoms with Gasteiger partial charge in [-0.2, -0.15) is 0 Å². The van der Waals surface area contributed by atoms with Gasteiger partial charge in [0.05, 0.1) is 0 Å². The van der Waals surface area contributed by atoms with Crippen molar-refractivity contribution >= 4 is 16.7 Å². The standard InChI is InChI=1S/C13H9FO2/c1-2-12(15)16-11-8-7-9-5-3-4-6-10(9)13(11)14/h2-8H,1H2. The van der Waals surface area contributed by atoms with Crippen LogP contribution in [0.3, 0.4) is 0 Å². The highest BCUT2D eigenvalue weighted by Gasteiger charge is 2.10. The summed E-state index contributed by atoms with van der Waals surface area (Å²) in [7, 11) is 0. The van der Waals surface area contributed by atoms with Crippen molar-refractivity contribution in [2.45, 2.75) is 0 Å². The van der Waals surface area contributed by atoms with Crippen molar-refractivity contribution in [2.24, 2.45) is 0 Å². The Kier molecular flexibility index (Phi) is 2.68. The molecule has 2 nitrogen and oxygen atoms in total. The van der Waals surface area contributed by atoms with E-state index in [1.165, 1.54) is 6.07 Å². The van der Waals surface area contributed by atoms with Crippen LogP contribution in [0.4, 0.5) is 4.39 Å². The lowest BCUT2D eigenvalue weighted by molar-refractivity contribution is -0.129. The predicted octanol–water partition coefficient (Wildman–Crippen LogP) is 3.07. The van der Waals surface area contributed by atoms with Crippen molar-refractivity contribution in [1.82, 2.24) is 0 Å². The van der Waals surface area contributed by atoms with Gasteiger partial charge in [-0.3, -0.25) is 0 Å². The van der Waals surface area contributed by atoms with E-state index in [0.29, 0.717) is 5.39 Å². The third-order valence-electron chi connectivity index (χ3n) is 2.21. The summed E-state index contributed by atoms with van der Waals surface area (Å²) < 4.78 is 18.6. The second kappa shape index (κ2) is 4.14. The maximum absolute atomic E-state index is 13.9. The van der Waals surface area contributed by atoms with Gasteiger partial charge < -0.3 is 4.74 Å². The maximum Gasteiger partial charge on any atom is 0.335 e. The van der Waals surface area contributed by atoms with E-state index in [0.717, 1.165) is 11.5 Å². The van der Waals surface area contributed by atoms with Crippen LogP contribution in [0.5, 0.6) is 5.75 Å². The summed E-state index contributed by atoms with van der Waals surface area (Å²) in [4.78, 5) is 11.0. The van der Waals surface area contributed by atoms with Crippen molar-refractivity contribution in [3.05, 3.63) is 54.9 Å². The van der Waals surface area contributed by atoms with Crippen molar-refractivity contribution in [3.8, 4) is 5.75 Å². The number of esters is 1. The molecule has 0 bridgehead atoms. The fourth-order valence-electron chi connectivity index (χ4n) is 1.44. The SMILES string of the molecule is C=CC(=O)Oc1ccc2ccccc2c1F. The lowest BCUT2D eigenvalue weighted by atomic mass is 10.1. The van der Waals surface area contributed by atoms with Gasteiger partial charge in [0, 0.05) is 11.5 Å². The molecule has 2 rings (SSSR count). The summed E-state index contributed by atoms with van der Waals surface area (Å²) in [6.45, 7) is 3.25. The van der Waals surface area contributed by atoms with Crippen LogP contribution in [0.2, 0.25) is 0 Å². The van der Waals surface area contributed by atoms with Gasteiger partial charge in [-0.25, -0.2) is 9.18 Å². The first-order chi connectivity index (χ1) is 7.72. The molecule has 3 heteroatoms. The van der Waals surface area contributed by atoms with Gasteiger partial charge in [-0.05, 0) is 11.5 Å². The molecule has 80 valence electrons. The Morgan fingerprint density at radius 2 is 2.00 bits per heavy atom. The molecule has 0 aromatic heterocycles. The Balaban J connectivity index is 2.52. The van der Waals surface area contributed by atoms with Crippen molar-refractivity contribution in [3.63, 3.8) is 0 Å². The highest BCUT2D eigenvalue weighted by Crippen LogP contribution is 2.26. The zero-order valence-corrected chi connectivity index (χ0v) is 8.44. The Morgan fingerprint density at radius 1 is 1.25 bits per heavy atom. The van der Waals surface area contributed by atoms with Crippen LogP contribution in [0.15, 0.2) is 49.1 Å². The first kappa shape index (κ1) is 10.4. The molecule has 0 aliphatic carbocycles. The third-order valence-corrected chi connectivity index (χ3v) is 2.21. The minimum absolute atomic E-state index is 0.0800. The van der Waals surface area contributed by atoms with E-state index in [9.17, 15) is 9.18 Å². The Bertz CT molecular complexity index is 561. The number of rotatable bonds is 2. The molecule has 16 heavy (non-hydrogen) atoms. The van der Waals surface area contributed by atoms with Gasteiger partial charge >= 0.3 is 5.97 Å². The van der Waals surface area contributed by atoms with Crippen molar-refractivity contribution in [1.29, 1.82) is 0 Å². The molecular formula is C13H9FO2. The average Bonchev–Trinajstić information content (AvgIpc) is 2.33. The number of fused-ring (bicyclic) bond motifs is 1. The predicted molar refractivity (Wildman–Crippen MR) is 59.7 cm³/mol. The van der Waals surface area contributed by atoms with Gasteiger partial charge in [0.25, 0.3) is 0 Å². The molecule has 0 fully saturated rings. The van der Waals surface area contributed by atoms with E-state index in [2.05, 4.69) is 6.58 Å². The summed E-state index contributed by atoms with van der Waals surface area (Å²) in [6.07, 6.45) is 0.995. The van der Waals surface area contributed by atoms with Crippen molar-refractivity contribution < 1.29 is 13.9 Å². The normalized spacial score (nSPS) is 10.1. The van der Waals surface area contributed by atoms with Gasteiger partial charge in [0.2, 0.25) is 0 Å². The quantitative estimate of drug-likeness (QED) is 0.438. The topological polar surface area (TPSA) is 26.3 Å². The summed E-state index contributed by atoms with van der Waals surface area (Å²) in [5.74, 6) is -1.29. The monoisotopic (exact) mass is 216 g/mol. The molecule has 0 aliphatic rings. The molecule has 0 saturated heterocycles. The number of hydrogen-bond acceptors (Lipinski definition) is 2. The molecule has 2 aromatic rings. The Hall–Kier alpha value is -2.16. The minimum atomic E-state index is -0.672. The number of benzene rings is 2. The van der Waals surface area contributed by atoms with E-state index in [-0.39, 0.29) is 5.75 Å². The highest BCUT2D eigenvalue weighted by atomic mass is 19.1. The lowest BCUT2D eigenvalue weighted by Gasteiger charge is -2.05. The number of carbonyl (C=O) groups excluding carboxylic acids is 1. The van der Waals surface area contributed by atoms with Gasteiger partial charge in [0.15, 0.2) is 11.6 Å². The Labute approximate surface area is 92.0 Å². The van der Waals surface area contributed by atoms with Gasteiger partial charge in [0.1, 0.15) is 0 Å². The molecule has 0 spiro atoms. The van der Waals surface area contributed by atoms with E-state index in [4.69, 9.17) is 4.74 Å². The number of ether oxygens (including phenoxy) is 1. The summed E-state index contributed by atoms with van der Waals surface area (Å²) in [5, 5.41) is 1.19. The summed E-state index contributed by atoms with van der Waals surface area (Å²) in [5.41, 5.74) is 0. The van der Waals surface area contributed by atoms with Crippen LogP contribution in [-0.2, 0) is 4.79 Å². The van der Waals surface area contributed by atoms with Gasteiger partial charge in [-0.1, -0.05) is 36.9 Å². The maximum atomic E-state index is 13.9. The molecule has 0 N–H and O–H groups in total. The van der Waals surface area contributed by atoms with E-state index in [1.54, 1.807) is 24.3 Å². The zero-order valence-electron chi connectivity index (χ0n) is 8.44. The average molecular weight is 216 g/mol. The van der Waals surface area contributed by atoms with Crippen LogP contribution in [0.1, 0.15) is 0 Å². The second-order valence-corrected chi connectivity index (χ2v) is 3.22. The zero-order chi connectivity index (χ0) is 11.5. The molecular weight excluding hydrogens is 207 g/mol. The second-order valence-electron chi connectivity index (χ2n) is 3.22. The van der Waals surface area contributed by atoms with E-state index in [1.807, 2.05) is 6.07 Å². The van der Waals surface area contributed by atoms with E-state index < -0.39 is 11.8 Å². The summed E-state index contributed by atoms with van der Waals surface area (Å²) in [6, 6.07) is 10.1. The van der Waals surface area contributed by atoms with E-state index >= 15 is 0 Å². The van der Waals surface area contributed by atoms with Crippen LogP contribution < -0.4 is 4.74 Å². The number of halogens is 1. The molecule has 2 aromatic carbocycles. The van der Waals surface area contributed by atoms with Crippen molar-refractivity contribution in [2.75, 3.05) is 0 Å². The first-order valence-corrected chi connectivity index (χ1v) is 4.74.